The number of hydrogen-bond donors (Lipinski definition) is 11. The molecule has 17 atom stereocenters. The van der Waals surface area contributed by atoms with Gasteiger partial charge >= 0.3 is 23.5 Å². The largest absolute Gasteiger partial charge is 0.481 e. The zero-order chi connectivity index (χ0) is 55.1. The number of nitrogen functional groups attached to an aromatic ring is 1. The van der Waals surface area contributed by atoms with Gasteiger partial charge in [0.2, 0.25) is 11.8 Å². The van der Waals surface area contributed by atoms with Gasteiger partial charge in [0.1, 0.15) is 36.3 Å². The molecule has 424 valence electrons. The maximum Gasteiger partial charge on any atom is 0.481 e. The van der Waals surface area contributed by atoms with Crippen molar-refractivity contribution in [2.75, 3.05) is 37.8 Å². The normalized spacial score (nSPS) is 34.3. The minimum absolute atomic E-state index is 0.0288. The fourth-order valence-electron chi connectivity index (χ4n) is 13.1. The molecule has 1 saturated heterocycles. The van der Waals surface area contributed by atoms with Crippen molar-refractivity contribution >= 4 is 69.1 Å². The Morgan fingerprint density at radius 1 is 0.933 bits per heavy atom. The highest BCUT2D eigenvalue weighted by atomic mass is 32.2. The van der Waals surface area contributed by atoms with Gasteiger partial charge in [0.25, 0.3) is 0 Å². The Labute approximate surface area is 438 Å². The van der Waals surface area contributed by atoms with Crippen LogP contribution in [-0.2, 0) is 50.7 Å². The SMILES string of the molecule is CC(CCC(=O)SCCNC(=O)CCNC(=O)C(O)C(C)(C)COP(=O)(O)OP(=O)(O)OC[C@H]1O[C@@H](n2cnc3c(N)ncnc32)[C@H](O)[C@@H]1OP(=O)(O)O)[C@H]1CC[C@H]2[C@@H]3[C@@H](O)C[C@@H]4C[C@H](O)CC[C@]4(C)[C@H]3CC[C@]12C. The first-order chi connectivity index (χ1) is 34.9. The van der Waals surface area contributed by atoms with E-state index < -0.39 is 84.6 Å². The van der Waals surface area contributed by atoms with Crippen LogP contribution in [0, 0.1) is 51.8 Å². The standard InChI is InChI=1S/C45H74N7O19P3S/c1-24(27-7-8-28-34-29(11-14-45(27,28)5)44(4)13-10-26(53)18-25(44)19-30(34)54)6-9-33(56)75-17-16-47-32(55)12-15-48-41(59)38(58)43(2,3)21-68-74(65,66)71-73(63,64)67-20-31-37(70-72(60,61)62)36(57)42(69-31)52-23-51-35-39(46)49-22-50-40(35)52/h22-31,34,36-38,42,53-54,57-58H,6-21H2,1-5H3,(H,47,55)(H,48,59)(H,63,64)(H,65,66)(H2,46,49,50)(H2,60,61,62)/t24?,25-,26+,27+,28-,29-,30-,31+,34-,36+,37+,38?,42+,44-,45+/m0/s1. The van der Waals surface area contributed by atoms with Crippen molar-refractivity contribution in [3.63, 3.8) is 0 Å². The molecule has 2 amide bonds. The first-order valence-electron chi connectivity index (χ1n) is 25.4. The van der Waals surface area contributed by atoms with Crippen LogP contribution in [0.25, 0.3) is 11.2 Å². The average Bonchev–Trinajstić information content (AvgIpc) is 4.01. The van der Waals surface area contributed by atoms with Gasteiger partial charge in [0.05, 0.1) is 31.7 Å². The number of hydrogen-bond acceptors (Lipinski definition) is 20. The van der Waals surface area contributed by atoms with Crippen molar-refractivity contribution in [1.29, 1.82) is 0 Å². The highest BCUT2D eigenvalue weighted by Crippen LogP contribution is 2.68. The number of thioether (sulfide) groups is 1. The summed E-state index contributed by atoms with van der Waals surface area (Å²) in [5.41, 5.74) is 4.55. The number of nitrogens with two attached hydrogens (primary N) is 1. The summed E-state index contributed by atoms with van der Waals surface area (Å²) >= 11 is 1.15. The highest BCUT2D eigenvalue weighted by molar-refractivity contribution is 8.13. The molecule has 0 spiro atoms. The van der Waals surface area contributed by atoms with Crippen LogP contribution >= 0.6 is 35.2 Å². The van der Waals surface area contributed by atoms with Gasteiger partial charge < -0.3 is 61.1 Å². The van der Waals surface area contributed by atoms with Crippen molar-refractivity contribution in [2.24, 2.45) is 51.8 Å². The summed E-state index contributed by atoms with van der Waals surface area (Å²) in [5.74, 6) is 1.28. The van der Waals surface area contributed by atoms with Gasteiger partial charge in [-0.1, -0.05) is 46.4 Å². The van der Waals surface area contributed by atoms with Gasteiger partial charge in [-0.05, 0) is 104 Å². The van der Waals surface area contributed by atoms with Crippen molar-refractivity contribution in [1.82, 2.24) is 30.2 Å². The lowest BCUT2D eigenvalue weighted by Crippen LogP contribution is -2.58. The molecule has 3 heterocycles. The zero-order valence-corrected chi connectivity index (χ0v) is 46.2. The topological polar surface area (TPSA) is 404 Å². The lowest BCUT2D eigenvalue weighted by atomic mass is 9.43. The molecular formula is C45H74N7O19P3S. The summed E-state index contributed by atoms with van der Waals surface area (Å²) < 4.78 is 62.7. The lowest BCUT2D eigenvalue weighted by Gasteiger charge is -2.62. The maximum atomic E-state index is 13.0. The van der Waals surface area contributed by atoms with Crippen LogP contribution in [0.1, 0.15) is 111 Å². The van der Waals surface area contributed by atoms with Gasteiger partial charge in [0.15, 0.2) is 22.8 Å². The number of fused-ring (bicyclic) bond motifs is 6. The Kier molecular flexibility index (Phi) is 19.0. The number of nitrogens with zero attached hydrogens (tertiary/aromatic N) is 4. The molecule has 2 aromatic heterocycles. The lowest BCUT2D eigenvalue weighted by molar-refractivity contribution is -0.174. The third-order valence-electron chi connectivity index (χ3n) is 17.0. The third kappa shape index (κ3) is 13.9. The average molecular weight is 1140 g/mol. The van der Waals surface area contributed by atoms with Crippen LogP contribution in [-0.4, -0.2) is 145 Å². The number of nitrogens with one attached hydrogen (secondary N) is 2. The molecule has 4 aliphatic carbocycles. The molecule has 0 radical (unpaired) electrons. The number of anilines is 1. The smallest absolute Gasteiger partial charge is 0.393 e. The summed E-state index contributed by atoms with van der Waals surface area (Å²) in [7, 11) is -16.5. The van der Waals surface area contributed by atoms with Crippen LogP contribution < -0.4 is 16.4 Å². The quantitative estimate of drug-likeness (QED) is 0.0562. The first kappa shape index (κ1) is 60.1. The van der Waals surface area contributed by atoms with Gasteiger partial charge in [0, 0.05) is 37.1 Å². The van der Waals surface area contributed by atoms with Crippen LogP contribution in [0.2, 0.25) is 0 Å². The van der Waals surface area contributed by atoms with Gasteiger partial charge in [-0.25, -0.2) is 28.6 Å². The van der Waals surface area contributed by atoms with Crippen LogP contribution in [0.5, 0.6) is 0 Å². The number of imidazole rings is 1. The molecule has 4 unspecified atom stereocenters. The number of aliphatic hydroxyl groups excluding tert-OH is 4. The second-order valence-electron chi connectivity index (χ2n) is 22.3. The second-order valence-corrected chi connectivity index (χ2v) is 27.6. The van der Waals surface area contributed by atoms with E-state index in [1.54, 1.807) is 0 Å². The number of aromatic nitrogens is 4. The molecule has 4 saturated carbocycles. The number of aliphatic hydroxyl groups is 4. The van der Waals surface area contributed by atoms with E-state index in [0.29, 0.717) is 41.8 Å². The first-order valence-corrected chi connectivity index (χ1v) is 30.9. The molecule has 26 nitrogen and oxygen atoms in total. The van der Waals surface area contributed by atoms with Crippen LogP contribution in [0.15, 0.2) is 12.7 Å². The van der Waals surface area contributed by atoms with E-state index in [1.165, 1.54) is 13.8 Å². The van der Waals surface area contributed by atoms with E-state index >= 15 is 0 Å². The van der Waals surface area contributed by atoms with Crippen molar-refractivity contribution in [3.05, 3.63) is 12.7 Å². The van der Waals surface area contributed by atoms with Gasteiger partial charge in [-0.15, -0.1) is 0 Å². The predicted octanol–water partition coefficient (Wildman–Crippen LogP) is 3.07. The Morgan fingerprint density at radius 2 is 1.63 bits per heavy atom. The monoisotopic (exact) mass is 1140 g/mol. The Hall–Kier alpha value is -2.52. The Bertz CT molecular complexity index is 2530. The highest BCUT2D eigenvalue weighted by Gasteiger charge is 2.63. The fourth-order valence-corrected chi connectivity index (χ4v) is 16.6. The molecule has 2 aromatic rings. The second kappa shape index (κ2) is 23.7. The number of rotatable bonds is 23. The van der Waals surface area contributed by atoms with Crippen molar-refractivity contribution < 1.29 is 90.7 Å². The van der Waals surface area contributed by atoms with Crippen LogP contribution in [0.4, 0.5) is 5.82 Å². The molecular weight excluding hydrogens is 1070 g/mol. The number of amides is 2. The Balaban J connectivity index is 0.778. The third-order valence-corrected chi connectivity index (χ3v) is 21.0. The van der Waals surface area contributed by atoms with E-state index in [9.17, 15) is 68.1 Å². The molecule has 0 bridgehead atoms. The summed E-state index contributed by atoms with van der Waals surface area (Å²) in [6.07, 6.45) is 1.45. The number of phosphoric ester groups is 3. The van der Waals surface area contributed by atoms with E-state index in [2.05, 4.69) is 55.2 Å². The summed E-state index contributed by atoms with van der Waals surface area (Å²) in [6.45, 7) is 7.58. The molecule has 1 aliphatic heterocycles. The number of carbonyl (C=O) groups excluding carboxylic acids is 3. The molecule has 30 heteroatoms. The summed E-state index contributed by atoms with van der Waals surface area (Å²) in [6, 6.07) is 0. The number of ether oxygens (including phenoxy) is 1. The molecule has 75 heavy (non-hydrogen) atoms. The van der Waals surface area contributed by atoms with E-state index in [4.69, 9.17) is 19.5 Å². The fraction of sp³-hybridized carbons (Fsp3) is 0.822. The minimum atomic E-state index is -5.60. The van der Waals surface area contributed by atoms with Gasteiger partial charge in [-0.2, -0.15) is 4.31 Å². The summed E-state index contributed by atoms with van der Waals surface area (Å²) in [5, 5.41) is 48.8. The molecule has 0 aromatic carbocycles. The maximum absolute atomic E-state index is 13.0. The van der Waals surface area contributed by atoms with E-state index in [1.807, 2.05) is 0 Å². The molecule has 5 fully saturated rings. The summed E-state index contributed by atoms with van der Waals surface area (Å²) in [4.78, 5) is 89.7. The molecule has 7 rings (SSSR count). The minimum Gasteiger partial charge on any atom is -0.393 e. The van der Waals surface area contributed by atoms with E-state index in [0.717, 1.165) is 86.8 Å². The van der Waals surface area contributed by atoms with E-state index in [-0.39, 0.29) is 70.6 Å². The zero-order valence-electron chi connectivity index (χ0n) is 42.7. The van der Waals surface area contributed by atoms with Crippen molar-refractivity contribution in [3.8, 4) is 0 Å². The molecule has 5 aliphatic rings. The van der Waals surface area contributed by atoms with Crippen molar-refractivity contribution in [2.45, 2.75) is 148 Å². The van der Waals surface area contributed by atoms with Gasteiger partial charge in [-0.3, -0.25) is 32.5 Å². The number of phosphoric acid groups is 3. The number of carbonyl (C=O) groups is 3. The Morgan fingerprint density at radius 3 is 2.35 bits per heavy atom. The molecule has 12 N–H and O–H groups in total. The predicted molar refractivity (Wildman–Crippen MR) is 268 cm³/mol. The van der Waals surface area contributed by atoms with Crippen LogP contribution in [0.3, 0.4) is 0 Å².